The summed E-state index contributed by atoms with van der Waals surface area (Å²) in [6.45, 7) is 3.81. The van der Waals surface area contributed by atoms with Gasteiger partial charge in [-0.15, -0.1) is 0 Å². The molecule has 1 saturated carbocycles. The van der Waals surface area contributed by atoms with Crippen molar-refractivity contribution in [2.45, 2.75) is 50.5 Å². The number of sulfonamides is 1. The van der Waals surface area contributed by atoms with Gasteiger partial charge in [0.2, 0.25) is 10.0 Å². The Bertz CT molecular complexity index is 601. The lowest BCUT2D eigenvalue weighted by Gasteiger charge is -2.29. The van der Waals surface area contributed by atoms with E-state index < -0.39 is 10.0 Å². The number of nitrogens with one attached hydrogen (secondary N) is 1. The lowest BCUT2D eigenvalue weighted by molar-refractivity contribution is 0.310. The van der Waals surface area contributed by atoms with E-state index in [0.717, 1.165) is 19.3 Å². The van der Waals surface area contributed by atoms with Crippen LogP contribution in [-0.4, -0.2) is 14.5 Å². The first kappa shape index (κ1) is 16.1. The lowest BCUT2D eigenvalue weighted by atomic mass is 9.87. The van der Waals surface area contributed by atoms with Crippen molar-refractivity contribution in [1.82, 2.24) is 4.72 Å². The highest BCUT2D eigenvalue weighted by Gasteiger charge is 2.28. The van der Waals surface area contributed by atoms with Crippen molar-refractivity contribution < 1.29 is 8.42 Å². The summed E-state index contributed by atoms with van der Waals surface area (Å²) in [6.07, 6.45) is 4.19. The molecule has 2 rings (SSSR count). The van der Waals surface area contributed by atoms with Crippen LogP contribution in [0.2, 0.25) is 10.0 Å². The normalized spacial score (nSPS) is 23.8. The predicted octanol–water partition coefficient (Wildman–Crippen LogP) is 4.16. The van der Waals surface area contributed by atoms with Crippen LogP contribution in [0.25, 0.3) is 0 Å². The predicted molar refractivity (Wildman–Crippen MR) is 82.9 cm³/mol. The van der Waals surface area contributed by atoms with Gasteiger partial charge in [-0.3, -0.25) is 0 Å². The molecule has 0 unspecified atom stereocenters. The van der Waals surface area contributed by atoms with Gasteiger partial charge in [0.15, 0.2) is 0 Å². The Labute approximate surface area is 130 Å². The van der Waals surface area contributed by atoms with Gasteiger partial charge < -0.3 is 0 Å². The van der Waals surface area contributed by atoms with Crippen LogP contribution in [0.15, 0.2) is 17.0 Å². The molecule has 1 aliphatic rings. The van der Waals surface area contributed by atoms with Crippen LogP contribution in [0.4, 0.5) is 0 Å². The molecule has 1 aromatic rings. The Hall–Kier alpha value is -0.290. The molecule has 1 aliphatic carbocycles. The fraction of sp³-hybridized carbons (Fsp3) is 0.571. The highest BCUT2D eigenvalue weighted by molar-refractivity contribution is 7.89. The Balaban J connectivity index is 2.28. The van der Waals surface area contributed by atoms with Crippen LogP contribution in [0.5, 0.6) is 0 Å². The SMILES string of the molecule is Cc1cc(Cl)c(Cl)cc1S(=O)(=O)N[C@@H]1CCCC[C@H]1C. The van der Waals surface area contributed by atoms with E-state index in [1.807, 2.05) is 0 Å². The minimum Gasteiger partial charge on any atom is -0.208 e. The number of hydrogen-bond acceptors (Lipinski definition) is 2. The maximum absolute atomic E-state index is 12.5. The number of rotatable bonds is 3. The molecule has 0 amide bonds. The van der Waals surface area contributed by atoms with Gasteiger partial charge in [0.1, 0.15) is 0 Å². The van der Waals surface area contributed by atoms with E-state index in [2.05, 4.69) is 11.6 Å². The number of halogens is 2. The van der Waals surface area contributed by atoms with Crippen LogP contribution in [0, 0.1) is 12.8 Å². The van der Waals surface area contributed by atoms with Crippen molar-refractivity contribution in [1.29, 1.82) is 0 Å². The summed E-state index contributed by atoms with van der Waals surface area (Å²) in [5.74, 6) is 0.363. The standard InChI is InChI=1S/C14H19Cl2NO2S/c1-9-5-3-4-6-13(9)17-20(18,19)14-8-12(16)11(15)7-10(14)2/h7-9,13,17H,3-6H2,1-2H3/t9-,13-/m1/s1. The zero-order valence-corrected chi connectivity index (χ0v) is 13.9. The molecule has 0 spiro atoms. The summed E-state index contributed by atoms with van der Waals surface area (Å²) in [5, 5.41) is 0.628. The second-order valence-corrected chi connectivity index (χ2v) is 8.02. The molecule has 1 N–H and O–H groups in total. The van der Waals surface area contributed by atoms with Crippen LogP contribution < -0.4 is 4.72 Å². The number of benzene rings is 1. The summed E-state index contributed by atoms with van der Waals surface area (Å²) >= 11 is 11.8. The first-order valence-corrected chi connectivity index (χ1v) is 9.03. The summed E-state index contributed by atoms with van der Waals surface area (Å²) < 4.78 is 27.9. The Morgan fingerprint density at radius 1 is 1.15 bits per heavy atom. The van der Waals surface area contributed by atoms with E-state index in [1.165, 1.54) is 12.5 Å². The topological polar surface area (TPSA) is 46.2 Å². The summed E-state index contributed by atoms with van der Waals surface area (Å²) in [5.41, 5.74) is 0.607. The van der Waals surface area contributed by atoms with Gasteiger partial charge >= 0.3 is 0 Å². The molecule has 0 saturated heterocycles. The van der Waals surface area contributed by atoms with Crippen LogP contribution in [0.3, 0.4) is 0 Å². The lowest BCUT2D eigenvalue weighted by Crippen LogP contribution is -2.41. The zero-order chi connectivity index (χ0) is 14.9. The van der Waals surface area contributed by atoms with Crippen molar-refractivity contribution >= 4 is 33.2 Å². The number of hydrogen-bond donors (Lipinski definition) is 1. The second kappa shape index (κ2) is 6.22. The quantitative estimate of drug-likeness (QED) is 0.901. The Kier molecular flexibility index (Phi) is 5.00. The third-order valence-electron chi connectivity index (χ3n) is 3.93. The van der Waals surface area contributed by atoms with Gasteiger partial charge in [0.25, 0.3) is 0 Å². The fourth-order valence-corrected chi connectivity index (χ4v) is 4.75. The van der Waals surface area contributed by atoms with Gasteiger partial charge in [-0.25, -0.2) is 13.1 Å². The summed E-state index contributed by atoms with van der Waals surface area (Å²) in [6, 6.07) is 3.01. The van der Waals surface area contributed by atoms with E-state index in [1.54, 1.807) is 13.0 Å². The van der Waals surface area contributed by atoms with Crippen molar-refractivity contribution in [3.63, 3.8) is 0 Å². The minimum atomic E-state index is -3.56. The first-order chi connectivity index (χ1) is 9.31. The van der Waals surface area contributed by atoms with E-state index in [0.29, 0.717) is 16.5 Å². The van der Waals surface area contributed by atoms with E-state index in [4.69, 9.17) is 23.2 Å². The van der Waals surface area contributed by atoms with E-state index in [9.17, 15) is 8.42 Å². The van der Waals surface area contributed by atoms with Gasteiger partial charge in [-0.05, 0) is 43.4 Å². The number of aryl methyl sites for hydroxylation is 1. The highest BCUT2D eigenvalue weighted by Crippen LogP contribution is 2.30. The maximum Gasteiger partial charge on any atom is 0.241 e. The molecule has 0 bridgehead atoms. The van der Waals surface area contributed by atoms with Crippen LogP contribution >= 0.6 is 23.2 Å². The van der Waals surface area contributed by atoms with Crippen LogP contribution in [0.1, 0.15) is 38.2 Å². The van der Waals surface area contributed by atoms with Gasteiger partial charge in [-0.1, -0.05) is 43.0 Å². The van der Waals surface area contributed by atoms with Gasteiger partial charge in [-0.2, -0.15) is 0 Å². The maximum atomic E-state index is 12.5. The minimum absolute atomic E-state index is 0.00241. The molecular formula is C14H19Cl2NO2S. The average molecular weight is 336 g/mol. The molecule has 1 aromatic carbocycles. The third-order valence-corrected chi connectivity index (χ3v) is 6.28. The molecule has 2 atom stereocenters. The van der Waals surface area contributed by atoms with Crippen molar-refractivity contribution in [2.75, 3.05) is 0 Å². The van der Waals surface area contributed by atoms with Crippen molar-refractivity contribution in [3.05, 3.63) is 27.7 Å². The summed E-state index contributed by atoms with van der Waals surface area (Å²) in [7, 11) is -3.56. The molecular weight excluding hydrogens is 317 g/mol. The average Bonchev–Trinajstić information content (AvgIpc) is 2.36. The molecule has 1 fully saturated rings. The third kappa shape index (κ3) is 3.48. The molecule has 20 heavy (non-hydrogen) atoms. The van der Waals surface area contributed by atoms with Crippen molar-refractivity contribution in [3.8, 4) is 0 Å². The van der Waals surface area contributed by atoms with Crippen LogP contribution in [-0.2, 0) is 10.0 Å². The van der Waals surface area contributed by atoms with Gasteiger partial charge in [0, 0.05) is 6.04 Å². The Morgan fingerprint density at radius 3 is 2.40 bits per heavy atom. The molecule has 3 nitrogen and oxygen atoms in total. The first-order valence-electron chi connectivity index (χ1n) is 6.79. The molecule has 0 heterocycles. The second-order valence-electron chi connectivity index (χ2n) is 5.52. The highest BCUT2D eigenvalue weighted by atomic mass is 35.5. The smallest absolute Gasteiger partial charge is 0.208 e. The molecule has 0 aliphatic heterocycles. The van der Waals surface area contributed by atoms with Crippen molar-refractivity contribution in [2.24, 2.45) is 5.92 Å². The molecule has 0 radical (unpaired) electrons. The zero-order valence-electron chi connectivity index (χ0n) is 11.6. The molecule has 0 aromatic heterocycles. The largest absolute Gasteiger partial charge is 0.241 e. The Morgan fingerprint density at radius 2 is 1.75 bits per heavy atom. The fourth-order valence-electron chi connectivity index (χ4n) is 2.67. The molecule has 112 valence electrons. The summed E-state index contributed by atoms with van der Waals surface area (Å²) in [4.78, 5) is 0.213. The van der Waals surface area contributed by atoms with Gasteiger partial charge in [0.05, 0.1) is 14.9 Å². The monoisotopic (exact) mass is 335 g/mol. The molecule has 6 heteroatoms. The van der Waals surface area contributed by atoms with E-state index >= 15 is 0 Å². The van der Waals surface area contributed by atoms with E-state index in [-0.39, 0.29) is 16.0 Å².